The van der Waals surface area contributed by atoms with Crippen molar-refractivity contribution in [3.05, 3.63) is 251 Å². The molecule has 25 rings (SSSR count). The molecule has 634 valence electrons. The van der Waals surface area contributed by atoms with Gasteiger partial charge in [-0.1, -0.05) is 41.9 Å². The maximum absolute atomic E-state index is 14.3. The second-order valence-electron chi connectivity index (χ2n) is 33.4. The number of ether oxygens (including phenoxy) is 2. The molecular formula is C97H81ClF3N19O7. The lowest BCUT2D eigenvalue weighted by molar-refractivity contribution is -0.0128. The van der Waals surface area contributed by atoms with Gasteiger partial charge in [-0.3, -0.25) is 53.9 Å². The fourth-order valence-corrected chi connectivity index (χ4v) is 19.7. The van der Waals surface area contributed by atoms with Gasteiger partial charge in [0.2, 0.25) is 0 Å². The lowest BCUT2D eigenvalue weighted by Gasteiger charge is -2.40. The van der Waals surface area contributed by atoms with E-state index in [0.29, 0.717) is 112 Å². The van der Waals surface area contributed by atoms with Crippen LogP contribution in [0.15, 0.2) is 183 Å². The van der Waals surface area contributed by atoms with Gasteiger partial charge >= 0.3 is 0 Å². The first kappa shape index (κ1) is 79.7. The van der Waals surface area contributed by atoms with Crippen LogP contribution in [0, 0.1) is 47.0 Å². The van der Waals surface area contributed by atoms with Crippen LogP contribution < -0.4 is 4.74 Å². The number of aryl methyl sites for hydroxylation is 1. The summed E-state index contributed by atoms with van der Waals surface area (Å²) in [5.74, 6) is -2.36. The van der Waals surface area contributed by atoms with E-state index in [1.54, 1.807) is 53.8 Å². The van der Waals surface area contributed by atoms with Crippen LogP contribution in [-0.2, 0) is 37.5 Å². The summed E-state index contributed by atoms with van der Waals surface area (Å²) < 4.78 is 62.5. The van der Waals surface area contributed by atoms with Crippen molar-refractivity contribution in [1.82, 2.24) is 82.2 Å². The van der Waals surface area contributed by atoms with E-state index in [1.807, 2.05) is 139 Å². The van der Waals surface area contributed by atoms with Crippen molar-refractivity contribution in [2.24, 2.45) is 0 Å². The number of hydrogen-bond donors (Lipinski definition) is 0. The van der Waals surface area contributed by atoms with E-state index in [4.69, 9.17) is 26.3 Å². The van der Waals surface area contributed by atoms with Crippen molar-refractivity contribution in [3.8, 4) is 73.7 Å². The Labute approximate surface area is 730 Å². The van der Waals surface area contributed by atoms with Crippen LogP contribution in [0.25, 0.3) is 111 Å². The zero-order valence-corrected chi connectivity index (χ0v) is 70.0. The average molecular weight is 1720 g/mol. The number of carbonyl (C=O) groups excluding carboxylic acids is 5. The monoisotopic (exact) mass is 1720 g/mol. The van der Waals surface area contributed by atoms with Crippen LogP contribution in [0.5, 0.6) is 5.75 Å². The Hall–Kier alpha value is -14.4. The lowest BCUT2D eigenvalue weighted by atomic mass is 9.96. The number of methoxy groups -OCH3 is 1. The number of hydrogen-bond acceptors (Lipinski definition) is 16. The zero-order chi connectivity index (χ0) is 86.7. The summed E-state index contributed by atoms with van der Waals surface area (Å²) in [4.78, 5) is 107. The molecule has 0 spiro atoms. The van der Waals surface area contributed by atoms with Crippen molar-refractivity contribution in [3.63, 3.8) is 0 Å². The van der Waals surface area contributed by atoms with E-state index >= 15 is 0 Å². The summed E-state index contributed by atoms with van der Waals surface area (Å²) in [5.41, 5.74) is 21.1. The molecule has 0 N–H and O–H groups in total. The number of nitrogens with zero attached hydrogens (tertiary/aromatic N) is 19. The van der Waals surface area contributed by atoms with Gasteiger partial charge in [-0.15, -0.1) is 0 Å². The summed E-state index contributed by atoms with van der Waals surface area (Å²) in [7, 11) is 1.21. The molecule has 127 heavy (non-hydrogen) atoms. The van der Waals surface area contributed by atoms with E-state index in [-0.39, 0.29) is 47.2 Å². The molecule has 2 saturated heterocycles. The number of amides is 5. The highest BCUT2D eigenvalue weighted by Gasteiger charge is 2.46. The van der Waals surface area contributed by atoms with E-state index < -0.39 is 23.2 Å². The average Bonchev–Trinajstić information content (AvgIpc) is 1.61. The van der Waals surface area contributed by atoms with Gasteiger partial charge in [0, 0.05) is 148 Å². The molecule has 26 nitrogen and oxygen atoms in total. The number of halogens is 4. The second kappa shape index (κ2) is 32.3. The van der Waals surface area contributed by atoms with Crippen LogP contribution >= 0.6 is 11.6 Å². The normalized spacial score (nSPS) is 17.9. The molecule has 3 aliphatic carbocycles. The first-order chi connectivity index (χ1) is 62.0. The van der Waals surface area contributed by atoms with Crippen LogP contribution in [0.4, 0.5) is 13.2 Å². The van der Waals surface area contributed by atoms with Gasteiger partial charge in [-0.25, -0.2) is 18.2 Å². The highest BCUT2D eigenvalue weighted by molar-refractivity contribution is 6.30. The fraction of sp³-hybridized carbons (Fsp3) is 0.278. The molecule has 7 aliphatic heterocycles. The molecule has 18 heterocycles. The van der Waals surface area contributed by atoms with Crippen molar-refractivity contribution >= 4 is 96.4 Å². The maximum Gasteiger partial charge on any atom is 0.271 e. The highest BCUT2D eigenvalue weighted by atomic mass is 35.5. The number of nitriles is 2. The standard InChI is InChI=1S/C21H18N4O.C20H16N4O.C19H16ClN3O2.C19H16F2N4O2.C18H15FN4O/c1-13-4-5-14(12-22)11-16(13)18-19-17(3-2-8-23-19)25-10-9-24(15-6-7-15)21(26)20(18)25;21-11-13-5-7-14(8-6-13)17-18-16(4-1-9-22-18)24-12-15-3-2-10-23(15)20(25)19(17)24;20-13-5-3-12(4-6-13)16-17-15(2-1-7-21-17)23-10-14-11-25-9-8-22(14)19(24)18(16)23;1-27-17-12(20)8-10(9-13(17)21)14-15-18(23-5-4-22-15)25-7-6-24(11-2-3-11)19(26)16(14)25;19-11-3-6-13(21-10-11)15-16-14(2-1-7-20-16)23-9-8-22(12-4-5-12)18(24)17(15)23/h2-5,8,11,15H,6-7,9-10H2,1H3;1,4-9,15H,2-3,10,12H2;1-7,14H,8-11H2;4-5,8-9,11H,2-3,6-7H2,1H3;1-3,6-7,10,12H,4-5,8-9H2. The smallest absolute Gasteiger partial charge is 0.271 e. The Balaban J connectivity index is 0.0000000967. The molecule has 5 fully saturated rings. The Kier molecular flexibility index (Phi) is 20.3. The number of benzene rings is 4. The quantitative estimate of drug-likeness (QED) is 0.130. The number of fused-ring (bicyclic) bond motifs is 17. The second-order valence-corrected chi connectivity index (χ2v) is 33.8. The molecule has 4 aromatic carbocycles. The highest BCUT2D eigenvalue weighted by Crippen LogP contribution is 2.47. The molecule has 2 unspecified atom stereocenters. The molecule has 0 radical (unpaired) electrons. The van der Waals surface area contributed by atoms with Gasteiger partial charge < -0.3 is 56.8 Å². The Morgan fingerprint density at radius 3 is 1.38 bits per heavy atom. The van der Waals surface area contributed by atoms with Crippen molar-refractivity contribution in [2.75, 3.05) is 53.0 Å². The molecule has 30 heteroatoms. The fourth-order valence-electron chi connectivity index (χ4n) is 19.6. The van der Waals surface area contributed by atoms with Crippen LogP contribution in [0.2, 0.25) is 5.02 Å². The summed E-state index contributed by atoms with van der Waals surface area (Å²) in [6.45, 7) is 10.4. The van der Waals surface area contributed by atoms with Gasteiger partial charge in [0.05, 0.1) is 117 Å². The predicted octanol–water partition coefficient (Wildman–Crippen LogP) is 15.8. The Morgan fingerprint density at radius 2 is 0.858 bits per heavy atom. The van der Waals surface area contributed by atoms with Crippen molar-refractivity contribution < 1.29 is 46.6 Å². The molecule has 10 aliphatic rings. The van der Waals surface area contributed by atoms with E-state index in [1.165, 1.54) is 37.7 Å². The summed E-state index contributed by atoms with van der Waals surface area (Å²) >= 11 is 6.04. The minimum Gasteiger partial charge on any atom is -0.491 e. The van der Waals surface area contributed by atoms with Gasteiger partial charge in [-0.05, 0) is 195 Å². The Morgan fingerprint density at radius 1 is 0.417 bits per heavy atom. The van der Waals surface area contributed by atoms with Crippen LogP contribution in [-0.4, -0.2) is 195 Å². The molecule has 5 amide bonds. The van der Waals surface area contributed by atoms with Gasteiger partial charge in [0.15, 0.2) is 23.0 Å². The number of pyridine rings is 5. The Bertz CT molecular complexity index is 7120. The third-order valence-electron chi connectivity index (χ3n) is 25.9. The number of rotatable bonds is 9. The molecule has 3 saturated carbocycles. The van der Waals surface area contributed by atoms with Gasteiger partial charge in [-0.2, -0.15) is 10.5 Å². The zero-order valence-electron chi connectivity index (χ0n) is 69.2. The summed E-state index contributed by atoms with van der Waals surface area (Å²) in [6, 6.07) is 47.4. The maximum atomic E-state index is 14.3. The molecule has 0 bridgehead atoms. The molecular weight excluding hydrogens is 1640 g/mol. The van der Waals surface area contributed by atoms with Crippen molar-refractivity contribution in [1.29, 1.82) is 10.5 Å². The number of carbonyl (C=O) groups is 5. The van der Waals surface area contributed by atoms with Crippen LogP contribution in [0.3, 0.4) is 0 Å². The third-order valence-corrected chi connectivity index (χ3v) is 26.1. The summed E-state index contributed by atoms with van der Waals surface area (Å²) in [6.07, 6.45) is 19.7. The predicted molar refractivity (Wildman–Crippen MR) is 469 cm³/mol. The largest absolute Gasteiger partial charge is 0.491 e. The van der Waals surface area contributed by atoms with Gasteiger partial charge in [0.1, 0.15) is 39.8 Å². The van der Waals surface area contributed by atoms with Crippen LogP contribution in [0.1, 0.15) is 120 Å². The first-order valence-corrected chi connectivity index (χ1v) is 43.2. The molecule has 11 aromatic heterocycles. The molecule has 15 aromatic rings. The number of aromatic nitrogens is 12. The molecule has 2 atom stereocenters. The topological polar surface area (TPSA) is 282 Å². The minimum atomic E-state index is -0.827. The minimum absolute atomic E-state index is 0.0304. The van der Waals surface area contributed by atoms with E-state index in [0.717, 1.165) is 192 Å². The van der Waals surface area contributed by atoms with Gasteiger partial charge in [0.25, 0.3) is 29.5 Å². The lowest BCUT2D eigenvalue weighted by Crippen LogP contribution is -2.54. The number of morpholine rings is 1. The third kappa shape index (κ3) is 13.9. The van der Waals surface area contributed by atoms with Crippen molar-refractivity contribution in [2.45, 2.75) is 121 Å². The van der Waals surface area contributed by atoms with E-state index in [9.17, 15) is 42.4 Å². The SMILES string of the molecule is COc1c(F)cc(-c2c3n(c4nccnc24)CCN(C2CC2)C3=O)cc1F.Cc1ccc(C#N)cc1-c1c2n(c3cccnc13)CCN(C1CC1)C2=O.N#Cc1ccc(-c2c3n(c4cccnc24)CC2CCCN2C3=O)cc1.O=C1c2c(-c3ccc(Cl)cc3)c3ncccc3n2CC2COCCN12.O=C1c2c(-c3ccc(F)cn3)c3ncccc3n2CCN1C1CC1. The van der Waals surface area contributed by atoms with E-state index in [2.05, 4.69) is 60.7 Å². The first-order valence-electron chi connectivity index (χ1n) is 42.8. The summed E-state index contributed by atoms with van der Waals surface area (Å²) in [5, 5.41) is 19.0.